The number of aromatic amines is 1. The molecule has 3 atom stereocenters. The van der Waals surface area contributed by atoms with Crippen LogP contribution in [0.5, 0.6) is 0 Å². The standard InChI is InChI=1S/C14H18N4O4/c1-2-3-7-12-11(14(21)17-13(7)15)16-6-18(12)10-4-8(20)9(5-19)22-10/h2,6,8-10,19-20H,1,3-5H2,(H3,15,17,21)/t8-,9+,10+/m0/s1. The Morgan fingerprint density at radius 3 is 3.05 bits per heavy atom. The summed E-state index contributed by atoms with van der Waals surface area (Å²) in [6.45, 7) is 3.42. The van der Waals surface area contributed by atoms with Crippen molar-refractivity contribution in [2.75, 3.05) is 12.3 Å². The van der Waals surface area contributed by atoms with Crippen molar-refractivity contribution >= 4 is 16.9 Å². The predicted octanol–water partition coefficient (Wildman–Crippen LogP) is -0.324. The van der Waals surface area contributed by atoms with Crippen molar-refractivity contribution in [1.82, 2.24) is 14.5 Å². The molecule has 8 heteroatoms. The molecule has 8 nitrogen and oxygen atoms in total. The summed E-state index contributed by atoms with van der Waals surface area (Å²) in [7, 11) is 0. The second kappa shape index (κ2) is 5.56. The van der Waals surface area contributed by atoms with E-state index < -0.39 is 18.4 Å². The fourth-order valence-corrected chi connectivity index (χ4v) is 2.83. The van der Waals surface area contributed by atoms with Crippen LogP contribution in [-0.2, 0) is 11.2 Å². The lowest BCUT2D eigenvalue weighted by Crippen LogP contribution is -2.24. The summed E-state index contributed by atoms with van der Waals surface area (Å²) in [6.07, 6.45) is 2.01. The molecule has 0 amide bonds. The molecule has 0 aromatic carbocycles. The van der Waals surface area contributed by atoms with Crippen LogP contribution < -0.4 is 11.3 Å². The number of nitrogens with one attached hydrogen (secondary N) is 1. The van der Waals surface area contributed by atoms with Crippen molar-refractivity contribution in [2.45, 2.75) is 31.3 Å². The second-order valence-corrected chi connectivity index (χ2v) is 5.30. The Labute approximate surface area is 125 Å². The number of H-pyrrole nitrogens is 1. The molecule has 0 spiro atoms. The van der Waals surface area contributed by atoms with Gasteiger partial charge in [0.1, 0.15) is 18.1 Å². The normalized spacial score (nSPS) is 24.9. The molecule has 5 N–H and O–H groups in total. The first-order valence-electron chi connectivity index (χ1n) is 6.99. The van der Waals surface area contributed by atoms with Crippen LogP contribution in [0.1, 0.15) is 18.2 Å². The lowest BCUT2D eigenvalue weighted by molar-refractivity contribution is -0.0430. The van der Waals surface area contributed by atoms with Gasteiger partial charge in [0.05, 0.1) is 24.6 Å². The number of nitrogens with zero attached hydrogens (tertiary/aromatic N) is 2. The average molecular weight is 306 g/mol. The lowest BCUT2D eigenvalue weighted by atomic mass is 10.1. The SMILES string of the molecule is C=CCc1c(N)[nH]c(=O)c2ncn([C@H]3C[C@H](O)[C@@H](CO)O3)c12. The zero-order chi connectivity index (χ0) is 15.9. The monoisotopic (exact) mass is 306 g/mol. The first kappa shape index (κ1) is 14.8. The number of ether oxygens (including phenoxy) is 1. The van der Waals surface area contributed by atoms with Crippen molar-refractivity contribution in [3.8, 4) is 0 Å². The molecular formula is C14H18N4O4. The molecule has 1 fully saturated rings. The van der Waals surface area contributed by atoms with Gasteiger partial charge in [-0.2, -0.15) is 0 Å². The van der Waals surface area contributed by atoms with E-state index in [4.69, 9.17) is 10.5 Å². The van der Waals surface area contributed by atoms with Gasteiger partial charge in [-0.25, -0.2) is 4.98 Å². The Kier molecular flexibility index (Phi) is 3.73. The smallest absolute Gasteiger partial charge is 0.277 e. The minimum atomic E-state index is -0.769. The quantitative estimate of drug-likeness (QED) is 0.573. The van der Waals surface area contributed by atoms with Gasteiger partial charge in [-0.3, -0.25) is 4.79 Å². The Balaban J connectivity index is 2.15. The molecule has 1 aliphatic heterocycles. The number of allylic oxidation sites excluding steroid dienone is 1. The van der Waals surface area contributed by atoms with Crippen LogP contribution in [0.2, 0.25) is 0 Å². The number of rotatable bonds is 4. The van der Waals surface area contributed by atoms with Gasteiger partial charge < -0.3 is 30.2 Å². The first-order valence-corrected chi connectivity index (χ1v) is 6.99. The molecule has 2 aromatic rings. The number of aromatic nitrogens is 3. The molecule has 0 saturated carbocycles. The summed E-state index contributed by atoms with van der Waals surface area (Å²) >= 11 is 0. The number of nitrogens with two attached hydrogens (primary N) is 1. The third-order valence-corrected chi connectivity index (χ3v) is 3.91. The summed E-state index contributed by atoms with van der Waals surface area (Å²) in [5, 5.41) is 19.1. The average Bonchev–Trinajstić information content (AvgIpc) is 3.07. The third-order valence-electron chi connectivity index (χ3n) is 3.91. The van der Waals surface area contributed by atoms with Crippen LogP contribution in [0.25, 0.3) is 11.0 Å². The third kappa shape index (κ3) is 2.21. The van der Waals surface area contributed by atoms with Crippen LogP contribution in [0.3, 0.4) is 0 Å². The van der Waals surface area contributed by atoms with E-state index in [9.17, 15) is 15.0 Å². The molecule has 0 unspecified atom stereocenters. The number of hydrogen-bond acceptors (Lipinski definition) is 6. The molecule has 22 heavy (non-hydrogen) atoms. The van der Waals surface area contributed by atoms with E-state index in [1.54, 1.807) is 10.6 Å². The van der Waals surface area contributed by atoms with Crippen LogP contribution in [0.4, 0.5) is 5.82 Å². The second-order valence-electron chi connectivity index (χ2n) is 5.30. The summed E-state index contributed by atoms with van der Waals surface area (Å²) in [6, 6.07) is 0. The number of nitrogen functional groups attached to an aromatic ring is 1. The highest BCUT2D eigenvalue weighted by Gasteiger charge is 2.35. The van der Waals surface area contributed by atoms with E-state index in [1.807, 2.05) is 0 Å². The van der Waals surface area contributed by atoms with E-state index >= 15 is 0 Å². The van der Waals surface area contributed by atoms with Crippen molar-refractivity contribution in [3.05, 3.63) is 34.9 Å². The largest absolute Gasteiger partial charge is 0.394 e. The molecule has 1 saturated heterocycles. The molecule has 3 heterocycles. The zero-order valence-corrected chi connectivity index (χ0v) is 11.9. The highest BCUT2D eigenvalue weighted by molar-refractivity contribution is 5.82. The molecule has 3 rings (SSSR count). The van der Waals surface area contributed by atoms with Crippen LogP contribution in [0.15, 0.2) is 23.8 Å². The van der Waals surface area contributed by atoms with Crippen molar-refractivity contribution in [1.29, 1.82) is 0 Å². The van der Waals surface area contributed by atoms with Crippen LogP contribution in [-0.4, -0.2) is 43.6 Å². The highest BCUT2D eigenvalue weighted by Crippen LogP contribution is 2.32. The van der Waals surface area contributed by atoms with Crippen molar-refractivity contribution in [3.63, 3.8) is 0 Å². The van der Waals surface area contributed by atoms with Gasteiger partial charge in [-0.1, -0.05) is 6.08 Å². The Morgan fingerprint density at radius 1 is 1.64 bits per heavy atom. The fraction of sp³-hybridized carbons (Fsp3) is 0.429. The minimum absolute atomic E-state index is 0.261. The zero-order valence-electron chi connectivity index (χ0n) is 11.9. The topological polar surface area (TPSA) is 126 Å². The number of anilines is 1. The van der Waals surface area contributed by atoms with Gasteiger partial charge >= 0.3 is 0 Å². The lowest BCUT2D eigenvalue weighted by Gasteiger charge is -2.16. The van der Waals surface area contributed by atoms with E-state index in [0.717, 1.165) is 0 Å². The van der Waals surface area contributed by atoms with E-state index in [-0.39, 0.29) is 23.5 Å². The van der Waals surface area contributed by atoms with E-state index in [0.29, 0.717) is 23.9 Å². The molecule has 0 bridgehead atoms. The van der Waals surface area contributed by atoms with Gasteiger partial charge in [0.25, 0.3) is 5.56 Å². The number of imidazole rings is 1. The first-order chi connectivity index (χ1) is 10.6. The van der Waals surface area contributed by atoms with E-state index in [2.05, 4.69) is 16.5 Å². The maximum absolute atomic E-state index is 12.0. The van der Waals surface area contributed by atoms with E-state index in [1.165, 1.54) is 6.33 Å². The van der Waals surface area contributed by atoms with Crippen LogP contribution >= 0.6 is 0 Å². The molecule has 1 aliphatic rings. The van der Waals surface area contributed by atoms with Gasteiger partial charge in [0, 0.05) is 12.0 Å². The summed E-state index contributed by atoms with van der Waals surface area (Å²) < 4.78 is 7.31. The highest BCUT2D eigenvalue weighted by atomic mass is 16.5. The number of aliphatic hydroxyl groups excluding tert-OH is 2. The molecule has 0 aliphatic carbocycles. The van der Waals surface area contributed by atoms with Gasteiger partial charge in [-0.05, 0) is 6.42 Å². The van der Waals surface area contributed by atoms with Crippen molar-refractivity contribution in [2.24, 2.45) is 0 Å². The number of fused-ring (bicyclic) bond motifs is 1. The van der Waals surface area contributed by atoms with Crippen molar-refractivity contribution < 1.29 is 14.9 Å². The Hall–Kier alpha value is -2.16. The molecular weight excluding hydrogens is 288 g/mol. The Bertz CT molecular complexity index is 766. The number of aliphatic hydroxyl groups is 2. The maximum Gasteiger partial charge on any atom is 0.277 e. The van der Waals surface area contributed by atoms with Crippen LogP contribution in [0, 0.1) is 0 Å². The predicted molar refractivity (Wildman–Crippen MR) is 80.3 cm³/mol. The maximum atomic E-state index is 12.0. The summed E-state index contributed by atoms with van der Waals surface area (Å²) in [5.41, 5.74) is 7.06. The fourth-order valence-electron chi connectivity index (χ4n) is 2.83. The van der Waals surface area contributed by atoms with Gasteiger partial charge in [0.15, 0.2) is 5.52 Å². The summed E-state index contributed by atoms with van der Waals surface area (Å²) in [5.74, 6) is 0.261. The number of hydrogen-bond donors (Lipinski definition) is 4. The number of pyridine rings is 1. The Morgan fingerprint density at radius 2 is 2.41 bits per heavy atom. The molecule has 0 radical (unpaired) electrons. The molecule has 118 valence electrons. The molecule has 2 aromatic heterocycles. The summed E-state index contributed by atoms with van der Waals surface area (Å²) in [4.78, 5) is 18.7. The van der Waals surface area contributed by atoms with Gasteiger partial charge in [0.2, 0.25) is 0 Å². The van der Waals surface area contributed by atoms with Gasteiger partial charge in [-0.15, -0.1) is 6.58 Å². The minimum Gasteiger partial charge on any atom is -0.394 e.